The van der Waals surface area contributed by atoms with Gasteiger partial charge in [-0.15, -0.1) is 0 Å². The zero-order chi connectivity index (χ0) is 10.1. The third-order valence-electron chi connectivity index (χ3n) is 1.90. The van der Waals surface area contributed by atoms with Gasteiger partial charge in [0.2, 0.25) is 0 Å². The molecule has 0 aromatic heterocycles. The standard InChI is InChI=1S/C9H8N2O2S/c1-11-8(12)10-6-4-2-3-5-7(6)14-9(11)13/h2-5H,1H3,(H,10,12). The van der Waals surface area contributed by atoms with Crippen LogP contribution in [0.5, 0.6) is 0 Å². The molecule has 1 aliphatic rings. The summed E-state index contributed by atoms with van der Waals surface area (Å²) in [6.07, 6.45) is 0. The Morgan fingerprint density at radius 2 is 2.00 bits per heavy atom. The minimum absolute atomic E-state index is 0.271. The lowest BCUT2D eigenvalue weighted by molar-refractivity contribution is 0.217. The topological polar surface area (TPSA) is 49.4 Å². The molecule has 1 heterocycles. The van der Waals surface area contributed by atoms with Crippen molar-refractivity contribution in [3.8, 4) is 0 Å². The second kappa shape index (κ2) is 3.34. The lowest BCUT2D eigenvalue weighted by Crippen LogP contribution is -2.32. The summed E-state index contributed by atoms with van der Waals surface area (Å²) >= 11 is 1.05. The molecule has 14 heavy (non-hydrogen) atoms. The lowest BCUT2D eigenvalue weighted by Gasteiger charge is -2.09. The number of carbonyl (C=O) groups excluding carboxylic acids is 2. The number of urea groups is 1. The van der Waals surface area contributed by atoms with Crippen molar-refractivity contribution in [3.63, 3.8) is 0 Å². The number of carbonyl (C=O) groups is 2. The van der Waals surface area contributed by atoms with Gasteiger partial charge in [-0.05, 0) is 23.9 Å². The molecule has 0 spiro atoms. The molecule has 1 N–H and O–H groups in total. The molecule has 1 aromatic carbocycles. The second-order valence-electron chi connectivity index (χ2n) is 2.85. The van der Waals surface area contributed by atoms with Crippen molar-refractivity contribution in [1.29, 1.82) is 0 Å². The van der Waals surface area contributed by atoms with Gasteiger partial charge in [0.25, 0.3) is 5.24 Å². The number of nitrogens with zero attached hydrogens (tertiary/aromatic N) is 1. The van der Waals surface area contributed by atoms with E-state index in [1.54, 1.807) is 12.1 Å². The highest BCUT2D eigenvalue weighted by Gasteiger charge is 2.23. The number of rotatable bonds is 0. The highest BCUT2D eigenvalue weighted by Crippen LogP contribution is 2.31. The zero-order valence-electron chi connectivity index (χ0n) is 7.48. The summed E-state index contributed by atoms with van der Waals surface area (Å²) in [4.78, 5) is 24.6. The van der Waals surface area contributed by atoms with Crippen molar-refractivity contribution in [1.82, 2.24) is 4.90 Å². The van der Waals surface area contributed by atoms with E-state index >= 15 is 0 Å². The Hall–Kier alpha value is -1.49. The predicted octanol–water partition coefficient (Wildman–Crippen LogP) is 2.38. The average Bonchev–Trinajstić information content (AvgIpc) is 2.28. The smallest absolute Gasteiger partial charge is 0.306 e. The number of thioether (sulfide) groups is 1. The summed E-state index contributed by atoms with van der Waals surface area (Å²) in [6.45, 7) is 0. The molecule has 0 atom stereocenters. The van der Waals surface area contributed by atoms with Crippen LogP contribution in [0.1, 0.15) is 0 Å². The van der Waals surface area contributed by atoms with Gasteiger partial charge >= 0.3 is 6.03 Å². The van der Waals surface area contributed by atoms with Gasteiger partial charge in [0, 0.05) is 11.9 Å². The van der Waals surface area contributed by atoms with Gasteiger partial charge in [0.05, 0.1) is 5.69 Å². The van der Waals surface area contributed by atoms with Gasteiger partial charge in [-0.25, -0.2) is 4.79 Å². The molecule has 0 unspecified atom stereocenters. The maximum atomic E-state index is 11.4. The Morgan fingerprint density at radius 1 is 1.29 bits per heavy atom. The van der Waals surface area contributed by atoms with Gasteiger partial charge in [0.15, 0.2) is 0 Å². The fraction of sp³-hybridized carbons (Fsp3) is 0.111. The monoisotopic (exact) mass is 208 g/mol. The number of imide groups is 1. The summed E-state index contributed by atoms with van der Waals surface area (Å²) in [7, 11) is 1.45. The molecule has 1 aromatic rings. The van der Waals surface area contributed by atoms with E-state index in [-0.39, 0.29) is 5.24 Å². The van der Waals surface area contributed by atoms with E-state index in [1.165, 1.54) is 7.05 Å². The van der Waals surface area contributed by atoms with Crippen molar-refractivity contribution in [2.45, 2.75) is 4.90 Å². The van der Waals surface area contributed by atoms with E-state index in [0.717, 1.165) is 21.6 Å². The minimum Gasteiger partial charge on any atom is -0.306 e. The van der Waals surface area contributed by atoms with E-state index in [2.05, 4.69) is 5.32 Å². The largest absolute Gasteiger partial charge is 0.328 e. The van der Waals surface area contributed by atoms with Crippen molar-refractivity contribution in [3.05, 3.63) is 24.3 Å². The predicted molar refractivity (Wildman–Crippen MR) is 54.5 cm³/mol. The number of benzene rings is 1. The Bertz CT molecular complexity index is 369. The fourth-order valence-electron chi connectivity index (χ4n) is 1.10. The third kappa shape index (κ3) is 1.46. The fourth-order valence-corrected chi connectivity index (χ4v) is 1.89. The molecule has 0 saturated heterocycles. The number of nitrogens with one attached hydrogen (secondary N) is 1. The van der Waals surface area contributed by atoms with Crippen LogP contribution in [0.25, 0.3) is 0 Å². The molecule has 0 bridgehead atoms. The Labute approximate surface area is 85.3 Å². The zero-order valence-corrected chi connectivity index (χ0v) is 8.30. The SMILES string of the molecule is CN1C(=O)Nc2ccccc2SC1=O. The van der Waals surface area contributed by atoms with Gasteiger partial charge in [-0.3, -0.25) is 9.69 Å². The molecule has 5 heteroatoms. The molecule has 72 valence electrons. The molecular formula is C9H8N2O2S. The molecule has 0 fully saturated rings. The van der Waals surface area contributed by atoms with Crippen LogP contribution in [0.15, 0.2) is 29.2 Å². The maximum Gasteiger partial charge on any atom is 0.328 e. The van der Waals surface area contributed by atoms with Crippen molar-refractivity contribution in [2.24, 2.45) is 0 Å². The third-order valence-corrected chi connectivity index (χ3v) is 2.93. The summed E-state index contributed by atoms with van der Waals surface area (Å²) in [5, 5.41) is 2.38. The van der Waals surface area contributed by atoms with Crippen LogP contribution >= 0.6 is 11.8 Å². The van der Waals surface area contributed by atoms with Crippen LogP contribution < -0.4 is 5.32 Å². The molecule has 0 aliphatic carbocycles. The molecule has 3 amide bonds. The Balaban J connectivity index is 2.44. The number of hydrogen-bond acceptors (Lipinski definition) is 3. The van der Waals surface area contributed by atoms with Crippen LogP contribution in [0.3, 0.4) is 0 Å². The first-order valence-electron chi connectivity index (χ1n) is 4.04. The summed E-state index contributed by atoms with van der Waals surface area (Å²) < 4.78 is 0. The van der Waals surface area contributed by atoms with Gasteiger partial charge in [-0.1, -0.05) is 12.1 Å². The van der Waals surface area contributed by atoms with Gasteiger partial charge in [0.1, 0.15) is 0 Å². The first-order valence-corrected chi connectivity index (χ1v) is 4.85. The number of hydrogen-bond donors (Lipinski definition) is 1. The van der Waals surface area contributed by atoms with Crippen LogP contribution in [0.2, 0.25) is 0 Å². The van der Waals surface area contributed by atoms with Gasteiger partial charge < -0.3 is 5.32 Å². The average molecular weight is 208 g/mol. The van der Waals surface area contributed by atoms with Crippen molar-refractivity contribution >= 4 is 28.7 Å². The van der Waals surface area contributed by atoms with E-state index in [9.17, 15) is 9.59 Å². The molecular weight excluding hydrogens is 200 g/mol. The highest BCUT2D eigenvalue weighted by atomic mass is 32.2. The molecule has 2 rings (SSSR count). The summed E-state index contributed by atoms with van der Waals surface area (Å²) in [5.74, 6) is 0. The summed E-state index contributed by atoms with van der Waals surface area (Å²) in [5.41, 5.74) is 0.681. The van der Waals surface area contributed by atoms with E-state index < -0.39 is 6.03 Å². The minimum atomic E-state index is -0.396. The quantitative estimate of drug-likeness (QED) is 0.712. The van der Waals surface area contributed by atoms with Gasteiger partial charge in [-0.2, -0.15) is 0 Å². The van der Waals surface area contributed by atoms with E-state index in [4.69, 9.17) is 0 Å². The Kier molecular flexibility index (Phi) is 2.17. The van der Waals surface area contributed by atoms with Crippen LogP contribution in [-0.2, 0) is 0 Å². The maximum absolute atomic E-state index is 11.4. The number of para-hydroxylation sites is 1. The lowest BCUT2D eigenvalue weighted by atomic mass is 10.3. The van der Waals surface area contributed by atoms with Crippen LogP contribution in [-0.4, -0.2) is 23.2 Å². The first-order chi connectivity index (χ1) is 6.68. The summed E-state index contributed by atoms with van der Waals surface area (Å²) in [6, 6.07) is 6.82. The van der Waals surface area contributed by atoms with Crippen molar-refractivity contribution in [2.75, 3.05) is 12.4 Å². The first kappa shape index (κ1) is 9.08. The van der Waals surface area contributed by atoms with Crippen LogP contribution in [0.4, 0.5) is 15.3 Å². The second-order valence-corrected chi connectivity index (χ2v) is 3.85. The molecule has 0 radical (unpaired) electrons. The van der Waals surface area contributed by atoms with Crippen LogP contribution in [0, 0.1) is 0 Å². The molecule has 0 saturated carbocycles. The highest BCUT2D eigenvalue weighted by molar-refractivity contribution is 8.13. The number of fused-ring (bicyclic) bond motifs is 1. The molecule has 4 nitrogen and oxygen atoms in total. The number of anilines is 1. The van der Waals surface area contributed by atoms with E-state index in [0.29, 0.717) is 5.69 Å². The molecule has 1 aliphatic heterocycles. The Morgan fingerprint density at radius 3 is 2.79 bits per heavy atom. The normalized spacial score (nSPS) is 15.9. The van der Waals surface area contributed by atoms with E-state index in [1.807, 2.05) is 12.1 Å². The van der Waals surface area contributed by atoms with Crippen molar-refractivity contribution < 1.29 is 9.59 Å². The number of amides is 3.